The van der Waals surface area contributed by atoms with Gasteiger partial charge >= 0.3 is 6.18 Å². The van der Waals surface area contributed by atoms with E-state index in [-0.39, 0.29) is 11.5 Å². The zero-order chi connectivity index (χ0) is 19.2. The molecular formula is C18H12ClF3N4O. The van der Waals surface area contributed by atoms with Gasteiger partial charge in [-0.1, -0.05) is 11.6 Å². The molecule has 0 aliphatic carbocycles. The van der Waals surface area contributed by atoms with Gasteiger partial charge in [0.05, 0.1) is 10.6 Å². The molecule has 0 atom stereocenters. The molecule has 0 unspecified atom stereocenters. The number of carbonyl (C=O) groups excluding carboxylic acids is 1. The van der Waals surface area contributed by atoms with E-state index in [1.54, 1.807) is 11.0 Å². The highest BCUT2D eigenvalue weighted by atomic mass is 35.5. The number of rotatable bonds is 1. The van der Waals surface area contributed by atoms with E-state index in [4.69, 9.17) is 11.6 Å². The monoisotopic (exact) mass is 392 g/mol. The van der Waals surface area contributed by atoms with Gasteiger partial charge < -0.3 is 4.90 Å². The molecule has 3 aromatic rings. The van der Waals surface area contributed by atoms with Crippen molar-refractivity contribution in [1.82, 2.24) is 19.9 Å². The number of carbonyl (C=O) groups is 1. The summed E-state index contributed by atoms with van der Waals surface area (Å²) in [6.07, 6.45) is -1.51. The van der Waals surface area contributed by atoms with Crippen LogP contribution in [0.1, 0.15) is 27.3 Å². The minimum absolute atomic E-state index is 0.116. The summed E-state index contributed by atoms with van der Waals surface area (Å²) in [4.78, 5) is 26.3. The van der Waals surface area contributed by atoms with Gasteiger partial charge in [0.15, 0.2) is 5.65 Å². The third-order valence-electron chi connectivity index (χ3n) is 4.37. The summed E-state index contributed by atoms with van der Waals surface area (Å²) < 4.78 is 37.9. The summed E-state index contributed by atoms with van der Waals surface area (Å²) in [5.74, 6) is -0.369. The molecule has 9 heteroatoms. The molecule has 0 N–H and O–H groups in total. The molecule has 0 spiro atoms. The highest BCUT2D eigenvalue weighted by molar-refractivity contribution is 6.31. The van der Waals surface area contributed by atoms with Crippen LogP contribution in [0.3, 0.4) is 0 Å². The summed E-state index contributed by atoms with van der Waals surface area (Å²) in [5.41, 5.74) is 1.40. The van der Waals surface area contributed by atoms with Crippen LogP contribution in [0.15, 0.2) is 36.7 Å². The summed E-state index contributed by atoms with van der Waals surface area (Å²) >= 11 is 5.96. The number of pyridine rings is 3. The van der Waals surface area contributed by atoms with E-state index in [1.165, 1.54) is 6.20 Å². The lowest BCUT2D eigenvalue weighted by atomic mass is 10.0. The average molecular weight is 393 g/mol. The molecule has 138 valence electrons. The van der Waals surface area contributed by atoms with Crippen molar-refractivity contribution in [2.45, 2.75) is 19.1 Å². The fourth-order valence-electron chi connectivity index (χ4n) is 3.04. The molecule has 0 saturated heterocycles. The molecule has 4 rings (SSSR count). The third-order valence-corrected chi connectivity index (χ3v) is 4.58. The second kappa shape index (κ2) is 6.45. The van der Waals surface area contributed by atoms with Crippen molar-refractivity contribution in [2.75, 3.05) is 6.54 Å². The Morgan fingerprint density at radius 1 is 1.15 bits per heavy atom. The van der Waals surface area contributed by atoms with Crippen LogP contribution in [-0.4, -0.2) is 32.3 Å². The minimum Gasteiger partial charge on any atom is -0.334 e. The van der Waals surface area contributed by atoms with E-state index in [9.17, 15) is 18.0 Å². The fraction of sp³-hybridized carbons (Fsp3) is 0.222. The van der Waals surface area contributed by atoms with Gasteiger partial charge in [0.1, 0.15) is 5.69 Å². The third kappa shape index (κ3) is 3.44. The number of alkyl halides is 3. The number of amides is 1. The Kier molecular flexibility index (Phi) is 4.22. The molecule has 3 aromatic heterocycles. The lowest BCUT2D eigenvalue weighted by Crippen LogP contribution is -2.36. The molecule has 0 bridgehead atoms. The molecule has 0 radical (unpaired) electrons. The smallest absolute Gasteiger partial charge is 0.334 e. The van der Waals surface area contributed by atoms with Gasteiger partial charge in [0.2, 0.25) is 0 Å². The second-order valence-corrected chi connectivity index (χ2v) is 6.64. The Hall–Kier alpha value is -2.74. The Morgan fingerprint density at radius 2 is 1.96 bits per heavy atom. The first kappa shape index (κ1) is 17.7. The quantitative estimate of drug-likeness (QED) is 0.630. The van der Waals surface area contributed by atoms with E-state index >= 15 is 0 Å². The lowest BCUT2D eigenvalue weighted by Gasteiger charge is -2.28. The molecule has 1 amide bonds. The molecule has 0 fully saturated rings. The second-order valence-electron chi connectivity index (χ2n) is 6.20. The summed E-state index contributed by atoms with van der Waals surface area (Å²) in [6, 6.07) is 5.60. The predicted octanol–water partition coefficient (Wildman–Crippen LogP) is 3.90. The molecule has 5 nitrogen and oxygen atoms in total. The van der Waals surface area contributed by atoms with Crippen molar-refractivity contribution in [2.24, 2.45) is 0 Å². The van der Waals surface area contributed by atoms with Gasteiger partial charge in [0.25, 0.3) is 5.91 Å². The van der Waals surface area contributed by atoms with Gasteiger partial charge in [0, 0.05) is 43.0 Å². The number of nitrogens with zero attached hydrogens (tertiary/aromatic N) is 4. The van der Waals surface area contributed by atoms with Crippen LogP contribution < -0.4 is 0 Å². The van der Waals surface area contributed by atoms with Crippen LogP contribution in [0.2, 0.25) is 5.02 Å². The lowest BCUT2D eigenvalue weighted by molar-refractivity contribution is -0.141. The topological polar surface area (TPSA) is 59.0 Å². The maximum atomic E-state index is 12.6. The summed E-state index contributed by atoms with van der Waals surface area (Å²) in [5, 5.41) is 1.26. The van der Waals surface area contributed by atoms with Crippen LogP contribution >= 0.6 is 11.6 Å². The highest BCUT2D eigenvalue weighted by Gasteiger charge is 2.32. The number of aromatic nitrogens is 3. The van der Waals surface area contributed by atoms with Crippen LogP contribution in [-0.2, 0) is 19.1 Å². The molecule has 0 saturated carbocycles. The number of hydrogen-bond donors (Lipinski definition) is 0. The molecule has 27 heavy (non-hydrogen) atoms. The van der Waals surface area contributed by atoms with E-state index < -0.39 is 11.9 Å². The van der Waals surface area contributed by atoms with Gasteiger partial charge in [-0.15, -0.1) is 0 Å². The van der Waals surface area contributed by atoms with Gasteiger partial charge in [-0.3, -0.25) is 9.78 Å². The van der Waals surface area contributed by atoms with Crippen LogP contribution in [0.25, 0.3) is 11.0 Å². The Morgan fingerprint density at radius 3 is 2.67 bits per heavy atom. The Labute approximate surface area is 156 Å². The zero-order valence-corrected chi connectivity index (χ0v) is 14.6. The number of hydrogen-bond acceptors (Lipinski definition) is 4. The van der Waals surface area contributed by atoms with Crippen LogP contribution in [0.4, 0.5) is 13.2 Å². The van der Waals surface area contributed by atoms with E-state index in [2.05, 4.69) is 15.0 Å². The maximum Gasteiger partial charge on any atom is 0.433 e. The van der Waals surface area contributed by atoms with Crippen molar-refractivity contribution >= 4 is 28.5 Å². The maximum absolute atomic E-state index is 12.6. The van der Waals surface area contributed by atoms with Gasteiger partial charge in [-0.05, 0) is 29.8 Å². The van der Waals surface area contributed by atoms with Crippen LogP contribution in [0.5, 0.6) is 0 Å². The normalized spacial score (nSPS) is 14.3. The Bertz CT molecular complexity index is 1040. The number of halogens is 4. The van der Waals surface area contributed by atoms with Crippen molar-refractivity contribution in [3.05, 3.63) is 64.2 Å². The average Bonchev–Trinajstić information content (AvgIpc) is 2.64. The van der Waals surface area contributed by atoms with E-state index in [1.807, 2.05) is 6.07 Å². The minimum atomic E-state index is -4.53. The van der Waals surface area contributed by atoms with Gasteiger partial charge in [-0.25, -0.2) is 9.97 Å². The van der Waals surface area contributed by atoms with Crippen molar-refractivity contribution in [3.63, 3.8) is 0 Å². The molecule has 1 aliphatic rings. The largest absolute Gasteiger partial charge is 0.433 e. The zero-order valence-electron chi connectivity index (χ0n) is 13.8. The van der Waals surface area contributed by atoms with E-state index in [0.29, 0.717) is 30.2 Å². The van der Waals surface area contributed by atoms with Crippen molar-refractivity contribution in [3.8, 4) is 0 Å². The fourth-order valence-corrected chi connectivity index (χ4v) is 3.21. The van der Waals surface area contributed by atoms with Crippen molar-refractivity contribution < 1.29 is 18.0 Å². The first-order valence-electron chi connectivity index (χ1n) is 8.08. The van der Waals surface area contributed by atoms with E-state index in [0.717, 1.165) is 35.0 Å². The van der Waals surface area contributed by atoms with Crippen molar-refractivity contribution in [1.29, 1.82) is 0 Å². The molecular weight excluding hydrogens is 381 g/mol. The molecule has 4 heterocycles. The molecule has 1 aliphatic heterocycles. The summed E-state index contributed by atoms with van der Waals surface area (Å²) in [6.45, 7) is 0.726. The first-order valence-corrected chi connectivity index (χ1v) is 8.45. The number of fused-ring (bicyclic) bond motifs is 2. The standard InChI is InChI=1S/C18H12ClF3N4O/c19-13-6-11-5-12-9-26(4-3-14(12)25-16(11)24-8-13)17(27)10-1-2-15(23-7-10)18(20,21)22/h1-2,5-8H,3-4,9H2. The Balaban J connectivity index is 1.59. The SMILES string of the molecule is O=C(c1ccc(C(F)(F)F)nc1)N1CCc2nc3ncc(Cl)cc3cc2C1. The predicted molar refractivity (Wildman–Crippen MR) is 92.2 cm³/mol. The van der Waals surface area contributed by atoms with Crippen LogP contribution in [0, 0.1) is 0 Å². The summed E-state index contributed by atoms with van der Waals surface area (Å²) in [7, 11) is 0. The highest BCUT2D eigenvalue weighted by Crippen LogP contribution is 2.28. The van der Waals surface area contributed by atoms with Gasteiger partial charge in [-0.2, -0.15) is 13.2 Å². The molecule has 0 aromatic carbocycles. The first-order chi connectivity index (χ1) is 12.8.